The van der Waals surface area contributed by atoms with E-state index < -0.39 is 36.0 Å². The number of nitrogens with one attached hydrogen (secondary N) is 1. The van der Waals surface area contributed by atoms with Crippen LogP contribution in [0.1, 0.15) is 12.1 Å². The van der Waals surface area contributed by atoms with Crippen LogP contribution in [0.5, 0.6) is 0 Å². The molecule has 3 N–H and O–H groups in total. The minimum Gasteiger partial charge on any atom is -0.390 e. The number of alkyl halides is 2. The summed E-state index contributed by atoms with van der Waals surface area (Å²) in [5.74, 6) is -1.23. The maximum atomic E-state index is 14.9. The van der Waals surface area contributed by atoms with Gasteiger partial charge in [0.2, 0.25) is 5.67 Å². The number of halogens is 2. The summed E-state index contributed by atoms with van der Waals surface area (Å²) in [6.07, 6.45) is 1.80. The van der Waals surface area contributed by atoms with E-state index in [9.17, 15) is 18.7 Å². The highest BCUT2D eigenvalue weighted by Gasteiger charge is 2.66. The number of imidazole rings is 1. The second-order valence-electron chi connectivity index (χ2n) is 5.20. The van der Waals surface area contributed by atoms with Crippen LogP contribution in [0, 0.1) is 19.3 Å². The normalized spacial score (nSPS) is 33.9. The third kappa shape index (κ3) is 1.98. The Morgan fingerprint density at radius 1 is 1.61 bits per heavy atom. The number of hydrogen-bond donors (Lipinski definition) is 3. The average molecular weight is 326 g/mol. The Kier molecular flexibility index (Phi) is 3.26. The van der Waals surface area contributed by atoms with Crippen molar-refractivity contribution < 1.29 is 23.7 Å². The standard InChI is InChI=1S/C13H12F2N4O4/c1-3-12(14)10(22)13(15,4-20)23-11(12)19-5-16-7-8(19)17-6(2)18-9(7)21/h1,5,10-11,20,22H,4H2,2H3,(H,17,18,21)/t10-,11+,12+,13+/m0/s1. The number of aliphatic hydroxyl groups excluding tert-OH is 2. The van der Waals surface area contributed by atoms with Crippen molar-refractivity contribution >= 4 is 11.2 Å². The Balaban J connectivity index is 2.22. The topological polar surface area (TPSA) is 113 Å². The van der Waals surface area contributed by atoms with Crippen LogP contribution in [0.15, 0.2) is 11.1 Å². The zero-order chi connectivity index (χ0) is 17.0. The molecule has 0 aliphatic carbocycles. The molecule has 0 amide bonds. The molecule has 1 aliphatic heterocycles. The van der Waals surface area contributed by atoms with Crippen LogP contribution < -0.4 is 5.56 Å². The molecule has 122 valence electrons. The largest absolute Gasteiger partial charge is 0.390 e. The van der Waals surface area contributed by atoms with E-state index >= 15 is 0 Å². The fourth-order valence-electron chi connectivity index (χ4n) is 2.53. The molecular formula is C13H12F2N4O4. The van der Waals surface area contributed by atoms with Crippen molar-refractivity contribution in [3.05, 3.63) is 22.5 Å². The summed E-state index contributed by atoms with van der Waals surface area (Å²) in [5.41, 5.74) is -3.80. The van der Waals surface area contributed by atoms with Crippen LogP contribution in [0.4, 0.5) is 8.78 Å². The first-order valence-electron chi connectivity index (χ1n) is 6.52. The fraction of sp³-hybridized carbons (Fsp3) is 0.462. The van der Waals surface area contributed by atoms with Crippen molar-refractivity contribution in [2.75, 3.05) is 6.61 Å². The number of rotatable bonds is 2. The molecule has 23 heavy (non-hydrogen) atoms. The van der Waals surface area contributed by atoms with Crippen LogP contribution in [0.25, 0.3) is 11.2 Å². The third-order valence-electron chi connectivity index (χ3n) is 3.71. The SMILES string of the molecule is C#C[C@]1(F)[C@H](n2cnc3c(=O)[nH]c(C)nc32)O[C@](F)(CO)[C@H]1O. The zero-order valence-electron chi connectivity index (χ0n) is 11.8. The molecule has 4 atom stereocenters. The monoisotopic (exact) mass is 326 g/mol. The van der Waals surface area contributed by atoms with E-state index in [4.69, 9.17) is 16.3 Å². The first-order valence-corrected chi connectivity index (χ1v) is 6.52. The van der Waals surface area contributed by atoms with E-state index in [1.807, 2.05) is 0 Å². The predicted molar refractivity (Wildman–Crippen MR) is 72.6 cm³/mol. The van der Waals surface area contributed by atoms with Gasteiger partial charge in [0.15, 0.2) is 23.5 Å². The zero-order valence-corrected chi connectivity index (χ0v) is 11.8. The summed E-state index contributed by atoms with van der Waals surface area (Å²) >= 11 is 0. The van der Waals surface area contributed by atoms with E-state index in [1.165, 1.54) is 6.92 Å². The minimum absolute atomic E-state index is 0.0945. The smallest absolute Gasteiger partial charge is 0.279 e. The molecule has 0 unspecified atom stereocenters. The van der Waals surface area contributed by atoms with Gasteiger partial charge in [-0.05, 0) is 6.92 Å². The van der Waals surface area contributed by atoms with Crippen molar-refractivity contribution in [2.45, 2.75) is 30.8 Å². The number of aromatic nitrogens is 4. The molecule has 2 aromatic heterocycles. The number of hydrogen-bond acceptors (Lipinski definition) is 6. The Morgan fingerprint density at radius 2 is 2.30 bits per heavy atom. The number of fused-ring (bicyclic) bond motifs is 1. The molecule has 0 spiro atoms. The first kappa shape index (κ1) is 15.5. The molecule has 10 heteroatoms. The Hall–Kier alpha value is -2.35. The molecule has 1 saturated heterocycles. The average Bonchev–Trinajstić information content (AvgIpc) is 3.01. The van der Waals surface area contributed by atoms with Crippen LogP contribution >= 0.6 is 0 Å². The van der Waals surface area contributed by atoms with Gasteiger partial charge in [0.05, 0.1) is 6.33 Å². The van der Waals surface area contributed by atoms with Crippen molar-refractivity contribution in [1.82, 2.24) is 19.5 Å². The van der Waals surface area contributed by atoms with Gasteiger partial charge in [-0.2, -0.15) is 0 Å². The van der Waals surface area contributed by atoms with E-state index in [-0.39, 0.29) is 17.0 Å². The number of nitrogens with zero attached hydrogens (tertiary/aromatic N) is 3. The molecule has 8 nitrogen and oxygen atoms in total. The van der Waals surface area contributed by atoms with Crippen molar-refractivity contribution in [2.24, 2.45) is 0 Å². The molecule has 3 rings (SSSR count). The van der Waals surface area contributed by atoms with Gasteiger partial charge >= 0.3 is 0 Å². The molecular weight excluding hydrogens is 314 g/mol. The summed E-state index contributed by atoms with van der Waals surface area (Å²) in [6.45, 7) is 0.178. The van der Waals surface area contributed by atoms with Crippen LogP contribution in [-0.4, -0.2) is 54.0 Å². The van der Waals surface area contributed by atoms with Gasteiger partial charge in [-0.25, -0.2) is 18.7 Å². The lowest BCUT2D eigenvalue weighted by Crippen LogP contribution is -2.47. The molecule has 3 heterocycles. The highest BCUT2D eigenvalue weighted by molar-refractivity contribution is 5.69. The van der Waals surface area contributed by atoms with E-state index in [1.54, 1.807) is 5.92 Å². The summed E-state index contributed by atoms with van der Waals surface area (Å²) in [4.78, 5) is 22.0. The van der Waals surface area contributed by atoms with E-state index in [0.29, 0.717) is 0 Å². The number of aromatic amines is 1. The molecule has 0 radical (unpaired) electrons. The lowest BCUT2D eigenvalue weighted by molar-refractivity contribution is -0.206. The number of terminal acetylenes is 1. The molecule has 0 bridgehead atoms. The van der Waals surface area contributed by atoms with Crippen LogP contribution in [0.3, 0.4) is 0 Å². The van der Waals surface area contributed by atoms with Crippen molar-refractivity contribution in [3.8, 4) is 12.3 Å². The second kappa shape index (κ2) is 4.82. The van der Waals surface area contributed by atoms with Crippen LogP contribution in [-0.2, 0) is 4.74 Å². The van der Waals surface area contributed by atoms with Crippen molar-refractivity contribution in [3.63, 3.8) is 0 Å². The summed E-state index contributed by atoms with van der Waals surface area (Å²) in [6, 6.07) is 0. The van der Waals surface area contributed by atoms with Crippen molar-refractivity contribution in [1.29, 1.82) is 0 Å². The van der Waals surface area contributed by atoms with Crippen LogP contribution in [0.2, 0.25) is 0 Å². The lowest BCUT2D eigenvalue weighted by atomic mass is 9.96. The van der Waals surface area contributed by atoms with E-state index in [0.717, 1.165) is 10.9 Å². The lowest BCUT2D eigenvalue weighted by Gasteiger charge is -2.23. The number of H-pyrrole nitrogens is 1. The van der Waals surface area contributed by atoms with Gasteiger partial charge in [0.1, 0.15) is 12.4 Å². The molecule has 1 fully saturated rings. The Labute approximate surface area is 127 Å². The van der Waals surface area contributed by atoms with Gasteiger partial charge in [-0.15, -0.1) is 6.42 Å². The summed E-state index contributed by atoms with van der Waals surface area (Å²) in [7, 11) is 0. The van der Waals surface area contributed by atoms with Gasteiger partial charge in [-0.3, -0.25) is 9.36 Å². The molecule has 2 aromatic rings. The van der Waals surface area contributed by atoms with Gasteiger partial charge in [-0.1, -0.05) is 5.92 Å². The highest BCUT2D eigenvalue weighted by atomic mass is 19.2. The quantitative estimate of drug-likeness (QED) is 0.630. The van der Waals surface area contributed by atoms with Gasteiger partial charge < -0.3 is 19.9 Å². The number of aryl methyl sites for hydroxylation is 1. The predicted octanol–water partition coefficient (Wildman–Crippen LogP) is -0.683. The van der Waals surface area contributed by atoms with E-state index in [2.05, 4.69) is 15.0 Å². The minimum atomic E-state index is -3.10. The number of aliphatic hydroxyl groups is 2. The van der Waals surface area contributed by atoms with Gasteiger partial charge in [0.25, 0.3) is 11.4 Å². The maximum Gasteiger partial charge on any atom is 0.279 e. The van der Waals surface area contributed by atoms with Gasteiger partial charge in [0, 0.05) is 0 Å². The molecule has 0 saturated carbocycles. The number of ether oxygens (including phenoxy) is 1. The Bertz CT molecular complexity index is 875. The third-order valence-corrected chi connectivity index (χ3v) is 3.71. The first-order chi connectivity index (χ1) is 10.8. The molecule has 1 aliphatic rings. The molecule has 0 aromatic carbocycles. The second-order valence-corrected chi connectivity index (χ2v) is 5.20. The summed E-state index contributed by atoms with van der Waals surface area (Å²) in [5, 5.41) is 18.9. The fourth-order valence-corrected chi connectivity index (χ4v) is 2.53. The Morgan fingerprint density at radius 3 is 2.91 bits per heavy atom. The maximum absolute atomic E-state index is 14.9. The summed E-state index contributed by atoms with van der Waals surface area (Å²) < 4.78 is 35.0. The highest BCUT2D eigenvalue weighted by Crippen LogP contribution is 2.47.